The number of hydrogen-bond donors (Lipinski definition) is 0. The van der Waals surface area contributed by atoms with Gasteiger partial charge in [-0.15, -0.1) is 0 Å². The van der Waals surface area contributed by atoms with Gasteiger partial charge in [-0.3, -0.25) is 0 Å². The van der Waals surface area contributed by atoms with E-state index in [9.17, 15) is 0 Å². The molecule has 0 bridgehead atoms. The van der Waals surface area contributed by atoms with Gasteiger partial charge < -0.3 is 13.9 Å². The fourth-order valence-electron chi connectivity index (χ4n) is 1.97. The van der Waals surface area contributed by atoms with Crippen molar-refractivity contribution in [2.24, 2.45) is 0 Å². The highest BCUT2D eigenvalue weighted by atomic mass is 28.4. The Labute approximate surface area is 155 Å². The molecule has 0 saturated carbocycles. The Morgan fingerprint density at radius 1 is 1.12 bits per heavy atom. The van der Waals surface area contributed by atoms with Gasteiger partial charge in [0, 0.05) is 6.42 Å². The SMILES string of the molecule is CC[C@H](C#CCCOCc1ccc(OC)cc1)O[Si](C)(C)C(C)(C)C. The molecule has 0 heterocycles. The summed E-state index contributed by atoms with van der Waals surface area (Å²) >= 11 is 0. The molecule has 0 aliphatic heterocycles. The minimum absolute atomic E-state index is 0.0301. The minimum atomic E-state index is -1.76. The van der Waals surface area contributed by atoms with E-state index in [1.807, 2.05) is 24.3 Å². The molecule has 0 spiro atoms. The van der Waals surface area contributed by atoms with Gasteiger partial charge in [0.1, 0.15) is 11.9 Å². The van der Waals surface area contributed by atoms with Crippen molar-refractivity contribution in [3.63, 3.8) is 0 Å². The average Bonchev–Trinajstić information content (AvgIpc) is 2.56. The monoisotopic (exact) mass is 362 g/mol. The number of methoxy groups -OCH3 is 1. The number of rotatable bonds is 8. The molecule has 0 N–H and O–H groups in total. The molecule has 0 aliphatic rings. The van der Waals surface area contributed by atoms with Crippen molar-refractivity contribution in [2.75, 3.05) is 13.7 Å². The summed E-state index contributed by atoms with van der Waals surface area (Å²) in [5, 5.41) is 0.212. The Morgan fingerprint density at radius 2 is 1.76 bits per heavy atom. The number of ether oxygens (including phenoxy) is 2. The first kappa shape index (κ1) is 21.8. The summed E-state index contributed by atoms with van der Waals surface area (Å²) in [6, 6.07) is 7.93. The van der Waals surface area contributed by atoms with E-state index in [1.54, 1.807) is 7.11 Å². The first-order valence-electron chi connectivity index (χ1n) is 9.06. The van der Waals surface area contributed by atoms with Crippen LogP contribution in [0, 0.1) is 11.8 Å². The molecular formula is C21H34O3Si. The van der Waals surface area contributed by atoms with Crippen LogP contribution in [0.4, 0.5) is 0 Å². The maximum Gasteiger partial charge on any atom is 0.193 e. The topological polar surface area (TPSA) is 27.7 Å². The molecular weight excluding hydrogens is 328 g/mol. The summed E-state index contributed by atoms with van der Waals surface area (Å²) < 4.78 is 17.2. The second-order valence-electron chi connectivity index (χ2n) is 7.75. The van der Waals surface area contributed by atoms with Crippen LogP contribution >= 0.6 is 0 Å². The zero-order chi connectivity index (χ0) is 18.9. The standard InChI is InChI=1S/C21H34O3Si/c1-8-19(24-25(6,7)21(2,3)4)11-9-10-16-23-17-18-12-14-20(22-5)15-13-18/h12-15,19H,8,10,16-17H2,1-7H3/t19-/m1/s1. The zero-order valence-electron chi connectivity index (χ0n) is 16.9. The van der Waals surface area contributed by atoms with Gasteiger partial charge in [-0.05, 0) is 42.2 Å². The molecule has 1 rings (SSSR count). The zero-order valence-corrected chi connectivity index (χ0v) is 17.9. The van der Waals surface area contributed by atoms with Crippen LogP contribution in [0.5, 0.6) is 5.75 Å². The Morgan fingerprint density at radius 3 is 2.28 bits per heavy atom. The Hall–Kier alpha value is -1.28. The molecule has 0 fully saturated rings. The molecule has 1 aromatic carbocycles. The summed E-state index contributed by atoms with van der Waals surface area (Å²) in [5.41, 5.74) is 1.14. The molecule has 25 heavy (non-hydrogen) atoms. The second-order valence-corrected chi connectivity index (χ2v) is 12.5. The predicted molar refractivity (Wildman–Crippen MR) is 107 cm³/mol. The maximum absolute atomic E-state index is 6.36. The maximum atomic E-state index is 6.36. The van der Waals surface area contributed by atoms with Gasteiger partial charge >= 0.3 is 0 Å². The van der Waals surface area contributed by atoms with Gasteiger partial charge in [0.15, 0.2) is 8.32 Å². The molecule has 1 atom stereocenters. The highest BCUT2D eigenvalue weighted by Gasteiger charge is 2.38. The van der Waals surface area contributed by atoms with Gasteiger partial charge in [0.25, 0.3) is 0 Å². The van der Waals surface area contributed by atoms with E-state index in [2.05, 4.69) is 52.6 Å². The second kappa shape index (κ2) is 10.0. The average molecular weight is 363 g/mol. The Bertz CT molecular complexity index is 562. The van der Waals surface area contributed by atoms with Gasteiger partial charge in [-0.2, -0.15) is 0 Å². The lowest BCUT2D eigenvalue weighted by atomic mass is 10.2. The van der Waals surface area contributed by atoms with Crippen molar-refractivity contribution in [2.45, 2.75) is 71.4 Å². The third kappa shape index (κ3) is 7.64. The van der Waals surface area contributed by atoms with Crippen molar-refractivity contribution < 1.29 is 13.9 Å². The molecule has 0 saturated heterocycles. The minimum Gasteiger partial charge on any atom is -0.497 e. The van der Waals surface area contributed by atoms with Crippen molar-refractivity contribution in [3.8, 4) is 17.6 Å². The van der Waals surface area contributed by atoms with Crippen LogP contribution in [0.2, 0.25) is 18.1 Å². The largest absolute Gasteiger partial charge is 0.497 e. The van der Waals surface area contributed by atoms with Crippen molar-refractivity contribution in [1.82, 2.24) is 0 Å². The van der Waals surface area contributed by atoms with Crippen LogP contribution in [0.3, 0.4) is 0 Å². The molecule has 0 amide bonds. The van der Waals surface area contributed by atoms with Crippen molar-refractivity contribution >= 4 is 8.32 Å². The summed E-state index contributed by atoms with van der Waals surface area (Å²) in [6.07, 6.45) is 1.68. The van der Waals surface area contributed by atoms with Crippen molar-refractivity contribution in [3.05, 3.63) is 29.8 Å². The van der Waals surface area contributed by atoms with E-state index < -0.39 is 8.32 Å². The first-order chi connectivity index (χ1) is 11.7. The van der Waals surface area contributed by atoms with Crippen LogP contribution in [0.25, 0.3) is 0 Å². The van der Waals surface area contributed by atoms with Crippen LogP contribution in [-0.2, 0) is 15.8 Å². The van der Waals surface area contributed by atoms with E-state index in [0.29, 0.717) is 13.2 Å². The predicted octanol–water partition coefficient (Wildman–Crippen LogP) is 5.41. The van der Waals surface area contributed by atoms with Crippen LogP contribution in [-0.4, -0.2) is 28.1 Å². The smallest absolute Gasteiger partial charge is 0.193 e. The molecule has 0 unspecified atom stereocenters. The van der Waals surface area contributed by atoms with E-state index in [4.69, 9.17) is 13.9 Å². The van der Waals surface area contributed by atoms with Gasteiger partial charge in [0.05, 0.1) is 20.3 Å². The molecule has 140 valence electrons. The molecule has 4 heteroatoms. The van der Waals surface area contributed by atoms with Crippen LogP contribution in [0.1, 0.15) is 46.1 Å². The van der Waals surface area contributed by atoms with Crippen LogP contribution in [0.15, 0.2) is 24.3 Å². The summed E-state index contributed by atoms with van der Waals surface area (Å²) in [6.45, 7) is 14.7. The number of benzene rings is 1. The fourth-order valence-corrected chi connectivity index (χ4v) is 3.26. The normalized spacial score (nSPS) is 13.1. The summed E-state index contributed by atoms with van der Waals surface area (Å²) in [5.74, 6) is 7.36. The highest BCUT2D eigenvalue weighted by molar-refractivity contribution is 6.74. The lowest BCUT2D eigenvalue weighted by Crippen LogP contribution is -2.43. The molecule has 1 aromatic rings. The van der Waals surface area contributed by atoms with E-state index >= 15 is 0 Å². The lowest BCUT2D eigenvalue weighted by molar-refractivity contribution is 0.126. The summed E-state index contributed by atoms with van der Waals surface area (Å²) in [7, 11) is -0.0911. The van der Waals surface area contributed by atoms with Crippen molar-refractivity contribution in [1.29, 1.82) is 0 Å². The van der Waals surface area contributed by atoms with Gasteiger partial charge in [-0.1, -0.05) is 51.7 Å². The van der Waals surface area contributed by atoms with E-state index in [0.717, 1.165) is 24.2 Å². The Balaban J connectivity index is 2.36. The molecule has 0 aliphatic carbocycles. The summed E-state index contributed by atoms with van der Waals surface area (Å²) in [4.78, 5) is 0. The Kier molecular flexibility index (Phi) is 8.71. The quantitative estimate of drug-likeness (QED) is 0.352. The molecule has 3 nitrogen and oxygen atoms in total. The third-order valence-corrected chi connectivity index (χ3v) is 9.16. The lowest BCUT2D eigenvalue weighted by Gasteiger charge is -2.37. The molecule has 0 radical (unpaired) electrons. The third-order valence-electron chi connectivity index (χ3n) is 4.68. The van der Waals surface area contributed by atoms with Gasteiger partial charge in [-0.25, -0.2) is 0 Å². The van der Waals surface area contributed by atoms with E-state index in [-0.39, 0.29) is 11.1 Å². The first-order valence-corrected chi connectivity index (χ1v) is 12.0. The van der Waals surface area contributed by atoms with Gasteiger partial charge in [0.2, 0.25) is 0 Å². The highest BCUT2D eigenvalue weighted by Crippen LogP contribution is 2.37. The fraction of sp³-hybridized carbons (Fsp3) is 0.619. The van der Waals surface area contributed by atoms with Crippen LogP contribution < -0.4 is 4.74 Å². The van der Waals surface area contributed by atoms with E-state index in [1.165, 1.54) is 0 Å². The number of hydrogen-bond acceptors (Lipinski definition) is 3. The molecule has 0 aromatic heterocycles.